The van der Waals surface area contributed by atoms with Gasteiger partial charge in [-0.3, -0.25) is 4.79 Å². The van der Waals surface area contributed by atoms with Gasteiger partial charge in [0.05, 0.1) is 31.3 Å². The lowest BCUT2D eigenvalue weighted by Crippen LogP contribution is -2.45. The fraction of sp³-hybridized carbons (Fsp3) is 0.441. The lowest BCUT2D eigenvalue weighted by atomic mass is 9.75. The minimum absolute atomic E-state index is 0.00790. The van der Waals surface area contributed by atoms with E-state index < -0.39 is 5.60 Å². The maximum atomic E-state index is 13.9. The van der Waals surface area contributed by atoms with Crippen molar-refractivity contribution in [1.82, 2.24) is 5.32 Å². The number of nitrogens with zero attached hydrogens (tertiary/aromatic N) is 1. The summed E-state index contributed by atoms with van der Waals surface area (Å²) in [6, 6.07) is 20.1. The van der Waals surface area contributed by atoms with Crippen molar-refractivity contribution in [1.29, 1.82) is 0 Å². The minimum Gasteiger partial charge on any atom is -0.493 e. The van der Waals surface area contributed by atoms with Crippen molar-refractivity contribution in [2.24, 2.45) is 5.92 Å². The van der Waals surface area contributed by atoms with Crippen LogP contribution in [0.5, 0.6) is 11.5 Å². The topological polar surface area (TPSA) is 71.0 Å². The Kier molecular flexibility index (Phi) is 7.52. The number of piperidine rings is 1. The molecule has 0 spiro atoms. The van der Waals surface area contributed by atoms with Gasteiger partial charge in [0.15, 0.2) is 11.5 Å². The molecule has 3 aliphatic rings. The molecule has 4 unspecified atom stereocenters. The number of aliphatic hydroxyl groups is 1. The molecule has 0 aliphatic carbocycles. The number of hydrogen-bond donors (Lipinski definition) is 2. The lowest BCUT2D eigenvalue weighted by molar-refractivity contribution is -0.118. The summed E-state index contributed by atoms with van der Waals surface area (Å²) < 4.78 is 11.8. The van der Waals surface area contributed by atoms with E-state index in [0.717, 1.165) is 40.8 Å². The molecule has 2 N–H and O–H groups in total. The van der Waals surface area contributed by atoms with Gasteiger partial charge in [0.25, 0.3) is 0 Å². The Hall–Kier alpha value is -3.06. The van der Waals surface area contributed by atoms with E-state index in [0.29, 0.717) is 28.6 Å². The molecule has 2 bridgehead atoms. The summed E-state index contributed by atoms with van der Waals surface area (Å²) in [4.78, 5) is 15.7. The number of amides is 1. The molecule has 41 heavy (non-hydrogen) atoms. The molecule has 216 valence electrons. The summed E-state index contributed by atoms with van der Waals surface area (Å²) in [7, 11) is 1.62. The monoisotopic (exact) mass is 574 g/mol. The predicted octanol–water partition coefficient (Wildman–Crippen LogP) is 6.55. The molecule has 3 aromatic carbocycles. The molecule has 0 aromatic heterocycles. The van der Waals surface area contributed by atoms with Crippen LogP contribution in [-0.4, -0.2) is 36.3 Å². The summed E-state index contributed by atoms with van der Waals surface area (Å²) in [5.41, 5.74) is 3.59. The van der Waals surface area contributed by atoms with E-state index in [2.05, 4.69) is 5.32 Å². The minimum atomic E-state index is -0.935. The number of rotatable bonds is 7. The van der Waals surface area contributed by atoms with Crippen LogP contribution in [0, 0.1) is 5.92 Å². The van der Waals surface area contributed by atoms with Crippen LogP contribution in [0.2, 0.25) is 5.02 Å². The molecule has 0 saturated carbocycles. The highest BCUT2D eigenvalue weighted by Gasteiger charge is 2.43. The van der Waals surface area contributed by atoms with Gasteiger partial charge in [0, 0.05) is 22.8 Å². The molecule has 3 aromatic rings. The summed E-state index contributed by atoms with van der Waals surface area (Å²) in [6.07, 6.45) is 4.56. The van der Waals surface area contributed by atoms with Crippen LogP contribution in [0.25, 0.3) is 0 Å². The summed E-state index contributed by atoms with van der Waals surface area (Å²) in [6.45, 7) is 5.91. The van der Waals surface area contributed by atoms with E-state index in [1.807, 2.05) is 86.3 Å². The van der Waals surface area contributed by atoms with Gasteiger partial charge in [-0.2, -0.15) is 0 Å². The predicted molar refractivity (Wildman–Crippen MR) is 162 cm³/mol. The summed E-state index contributed by atoms with van der Waals surface area (Å²) in [5, 5.41) is 16.0. The van der Waals surface area contributed by atoms with Crippen molar-refractivity contribution in [2.75, 3.05) is 12.0 Å². The van der Waals surface area contributed by atoms with Gasteiger partial charge in [-0.25, -0.2) is 0 Å². The van der Waals surface area contributed by atoms with Crippen molar-refractivity contribution in [2.45, 2.75) is 82.7 Å². The van der Waals surface area contributed by atoms with Crippen LogP contribution < -0.4 is 19.7 Å². The first kappa shape index (κ1) is 28.1. The highest BCUT2D eigenvalue weighted by atomic mass is 35.5. The molecule has 2 fully saturated rings. The molecule has 7 heteroatoms. The fourth-order valence-electron chi connectivity index (χ4n) is 7.04. The molecular weight excluding hydrogens is 536 g/mol. The van der Waals surface area contributed by atoms with Gasteiger partial charge in [-0.15, -0.1) is 0 Å². The Morgan fingerprint density at radius 3 is 2.27 bits per heavy atom. The number of hydrogen-bond acceptors (Lipinski definition) is 5. The zero-order valence-corrected chi connectivity index (χ0v) is 24.9. The Labute approximate surface area is 247 Å². The first-order valence-corrected chi connectivity index (χ1v) is 15.1. The second kappa shape index (κ2) is 11.0. The van der Waals surface area contributed by atoms with Gasteiger partial charge >= 0.3 is 0 Å². The number of carbonyl (C=O) groups excluding carboxylic acids is 1. The smallest absolute Gasteiger partial charge is 0.232 e. The van der Waals surface area contributed by atoms with E-state index >= 15 is 0 Å². The normalized spacial score (nSPS) is 25.1. The average molecular weight is 575 g/mol. The largest absolute Gasteiger partial charge is 0.493 e. The standard InChI is InChI=1S/C34H39ClN2O4/c1-20(2)41-31-19-29-22(15-30(31)40-4)16-32(38)37(33(29)21-5-9-25(35)10-6-21)28-13-7-23(8-14-28)34(3,39)24-17-26-11-12-27(18-24)36-26/h5-10,13-15,19-20,24,26-27,33,36,39H,11-12,16-18H2,1-4H3. The third-order valence-electron chi connectivity index (χ3n) is 9.13. The van der Waals surface area contributed by atoms with Crippen molar-refractivity contribution in [3.05, 3.63) is 87.9 Å². The van der Waals surface area contributed by atoms with Crippen LogP contribution >= 0.6 is 11.6 Å². The van der Waals surface area contributed by atoms with Crippen LogP contribution in [0.4, 0.5) is 5.69 Å². The molecule has 0 radical (unpaired) electrons. The Balaban J connectivity index is 1.39. The summed E-state index contributed by atoms with van der Waals surface area (Å²) in [5.74, 6) is 1.46. The van der Waals surface area contributed by atoms with Crippen molar-refractivity contribution in [3.8, 4) is 11.5 Å². The van der Waals surface area contributed by atoms with Crippen molar-refractivity contribution in [3.63, 3.8) is 0 Å². The van der Waals surface area contributed by atoms with Crippen molar-refractivity contribution >= 4 is 23.2 Å². The zero-order chi connectivity index (χ0) is 28.9. The number of benzene rings is 3. The van der Waals surface area contributed by atoms with E-state index in [-0.39, 0.29) is 30.4 Å². The molecule has 2 saturated heterocycles. The molecule has 3 aliphatic heterocycles. The van der Waals surface area contributed by atoms with Crippen molar-refractivity contribution < 1.29 is 19.4 Å². The number of fused-ring (bicyclic) bond motifs is 3. The van der Waals surface area contributed by atoms with Crippen LogP contribution in [0.1, 0.15) is 74.8 Å². The third kappa shape index (κ3) is 5.33. The average Bonchev–Trinajstić information content (AvgIpc) is 3.29. The SMILES string of the molecule is COc1cc2c(cc1OC(C)C)C(c1ccc(Cl)cc1)N(c1ccc(C(C)(O)C3CC4CCC(C3)N4)cc1)C(=O)C2. The van der Waals surface area contributed by atoms with E-state index in [1.54, 1.807) is 7.11 Å². The number of anilines is 1. The number of halogens is 1. The highest BCUT2D eigenvalue weighted by Crippen LogP contribution is 2.45. The maximum absolute atomic E-state index is 13.9. The van der Waals surface area contributed by atoms with Gasteiger partial charge < -0.3 is 24.8 Å². The van der Waals surface area contributed by atoms with E-state index in [9.17, 15) is 9.90 Å². The zero-order valence-electron chi connectivity index (χ0n) is 24.2. The Morgan fingerprint density at radius 1 is 1.00 bits per heavy atom. The van der Waals surface area contributed by atoms with E-state index in [1.165, 1.54) is 12.8 Å². The van der Waals surface area contributed by atoms with Gasteiger partial charge in [0.1, 0.15) is 0 Å². The van der Waals surface area contributed by atoms with Gasteiger partial charge in [-0.1, -0.05) is 35.9 Å². The fourth-order valence-corrected chi connectivity index (χ4v) is 7.17. The van der Waals surface area contributed by atoms with Crippen LogP contribution in [0.3, 0.4) is 0 Å². The maximum Gasteiger partial charge on any atom is 0.232 e. The quantitative estimate of drug-likeness (QED) is 0.335. The number of carbonyl (C=O) groups is 1. The molecule has 3 heterocycles. The number of nitrogens with one attached hydrogen (secondary N) is 1. The summed E-state index contributed by atoms with van der Waals surface area (Å²) >= 11 is 6.26. The molecule has 6 nitrogen and oxygen atoms in total. The lowest BCUT2D eigenvalue weighted by Gasteiger charge is -2.40. The second-order valence-corrected chi connectivity index (χ2v) is 12.7. The first-order valence-electron chi connectivity index (χ1n) is 14.7. The number of ether oxygens (including phenoxy) is 2. The highest BCUT2D eigenvalue weighted by molar-refractivity contribution is 6.30. The second-order valence-electron chi connectivity index (χ2n) is 12.3. The molecular formula is C34H39ClN2O4. The first-order chi connectivity index (χ1) is 19.6. The van der Waals surface area contributed by atoms with Crippen LogP contribution in [-0.2, 0) is 16.8 Å². The Morgan fingerprint density at radius 2 is 1.66 bits per heavy atom. The van der Waals surface area contributed by atoms with E-state index in [4.69, 9.17) is 21.1 Å². The third-order valence-corrected chi connectivity index (χ3v) is 9.39. The molecule has 6 rings (SSSR count). The Bertz CT molecular complexity index is 1410. The van der Waals surface area contributed by atoms with Gasteiger partial charge in [-0.05, 0) is 111 Å². The number of methoxy groups -OCH3 is 1. The molecule has 4 atom stereocenters. The van der Waals surface area contributed by atoms with Crippen LogP contribution in [0.15, 0.2) is 60.7 Å². The molecule has 1 amide bonds. The van der Waals surface area contributed by atoms with Gasteiger partial charge in [0.2, 0.25) is 5.91 Å².